The first kappa shape index (κ1) is 19.4. The van der Waals surface area contributed by atoms with Gasteiger partial charge in [0.25, 0.3) is 0 Å². The van der Waals surface area contributed by atoms with Crippen molar-refractivity contribution >= 4 is 22.5 Å². The van der Waals surface area contributed by atoms with Crippen LogP contribution in [0.1, 0.15) is 32.1 Å². The van der Waals surface area contributed by atoms with Crippen LogP contribution in [0.4, 0.5) is 5.69 Å². The van der Waals surface area contributed by atoms with Gasteiger partial charge in [0.2, 0.25) is 5.91 Å². The molecule has 1 amide bonds. The summed E-state index contributed by atoms with van der Waals surface area (Å²) >= 11 is 0. The monoisotopic (exact) mass is 386 g/mol. The summed E-state index contributed by atoms with van der Waals surface area (Å²) in [6, 6.07) is 7.62. The van der Waals surface area contributed by atoms with Crippen LogP contribution in [0.5, 0.6) is 0 Å². The molecular formula is C21H30N4O3. The summed E-state index contributed by atoms with van der Waals surface area (Å²) in [4.78, 5) is 17.4. The number of fused-ring (bicyclic) bond motifs is 2. The maximum atomic E-state index is 12.9. The summed E-state index contributed by atoms with van der Waals surface area (Å²) in [5, 5.41) is 20.5. The fourth-order valence-electron chi connectivity index (χ4n) is 5.06. The van der Waals surface area contributed by atoms with Gasteiger partial charge in [-0.25, -0.2) is 5.21 Å². The van der Waals surface area contributed by atoms with Crippen LogP contribution < -0.4 is 5.23 Å². The number of amides is 1. The largest absolute Gasteiger partial charge is 0.595 e. The lowest BCUT2D eigenvalue weighted by molar-refractivity contribution is -0.990. The lowest BCUT2D eigenvalue weighted by atomic mass is 9.83. The zero-order chi connectivity index (χ0) is 19.7. The highest BCUT2D eigenvalue weighted by molar-refractivity contribution is 5.90. The van der Waals surface area contributed by atoms with Crippen LogP contribution in [0.2, 0.25) is 0 Å². The van der Waals surface area contributed by atoms with Crippen LogP contribution in [-0.2, 0) is 11.3 Å². The van der Waals surface area contributed by atoms with Gasteiger partial charge >= 0.3 is 0 Å². The average molecular weight is 386 g/mol. The smallest absolute Gasteiger partial charge is 0.242 e. The van der Waals surface area contributed by atoms with E-state index in [4.69, 9.17) is 0 Å². The highest BCUT2D eigenvalue weighted by Gasteiger charge is 2.34. The van der Waals surface area contributed by atoms with Gasteiger partial charge in [-0.15, -0.1) is 0 Å². The fraction of sp³-hybridized carbons (Fsp3) is 0.571. The molecule has 0 radical (unpaired) electrons. The SMILES string of the molecule is CN(CC1CCCN2CCCCC12)C(=O)Cn1ccc2c([NH+]([O-])O)cccc21. The molecule has 0 saturated carbocycles. The Morgan fingerprint density at radius 2 is 2.07 bits per heavy atom. The Balaban J connectivity index is 1.43. The number of benzene rings is 1. The zero-order valence-corrected chi connectivity index (χ0v) is 16.5. The van der Waals surface area contributed by atoms with E-state index >= 15 is 0 Å². The van der Waals surface area contributed by atoms with E-state index in [9.17, 15) is 15.2 Å². The van der Waals surface area contributed by atoms with Gasteiger partial charge in [-0.05, 0) is 56.8 Å². The number of likely N-dealkylation sites (N-methyl/N-ethyl adjacent to an activating group) is 1. The average Bonchev–Trinajstić information content (AvgIpc) is 3.11. The third kappa shape index (κ3) is 3.80. The normalized spacial score (nSPS) is 24.1. The summed E-state index contributed by atoms with van der Waals surface area (Å²) < 4.78 is 1.86. The van der Waals surface area contributed by atoms with Gasteiger partial charge in [0.15, 0.2) is 5.69 Å². The molecule has 3 atom stereocenters. The van der Waals surface area contributed by atoms with Crippen molar-refractivity contribution in [2.24, 2.45) is 5.92 Å². The first-order valence-corrected chi connectivity index (χ1v) is 10.3. The molecule has 28 heavy (non-hydrogen) atoms. The third-order valence-corrected chi connectivity index (χ3v) is 6.51. The molecule has 0 aliphatic carbocycles. The Morgan fingerprint density at radius 1 is 1.25 bits per heavy atom. The van der Waals surface area contributed by atoms with Crippen LogP contribution >= 0.6 is 0 Å². The molecular weight excluding hydrogens is 356 g/mol. The number of aromatic nitrogens is 1. The van der Waals surface area contributed by atoms with Gasteiger partial charge in [-0.1, -0.05) is 12.5 Å². The van der Waals surface area contributed by atoms with E-state index in [2.05, 4.69) is 4.90 Å². The number of quaternary nitrogens is 1. The van der Waals surface area contributed by atoms with Crippen molar-refractivity contribution in [2.75, 3.05) is 26.7 Å². The molecule has 0 spiro atoms. The Labute approximate surface area is 165 Å². The van der Waals surface area contributed by atoms with Crippen molar-refractivity contribution in [3.05, 3.63) is 35.7 Å². The summed E-state index contributed by atoms with van der Waals surface area (Å²) in [6.45, 7) is 3.46. The van der Waals surface area contributed by atoms with Crippen molar-refractivity contribution in [1.82, 2.24) is 14.4 Å². The summed E-state index contributed by atoms with van der Waals surface area (Å²) in [6.07, 6.45) is 8.10. The van der Waals surface area contributed by atoms with E-state index in [-0.39, 0.29) is 18.1 Å². The number of nitrogens with zero attached hydrogens (tertiary/aromatic N) is 3. The van der Waals surface area contributed by atoms with Crippen molar-refractivity contribution < 1.29 is 15.2 Å². The predicted octanol–water partition coefficient (Wildman–Crippen LogP) is 1.77. The maximum Gasteiger partial charge on any atom is 0.242 e. The Bertz CT molecular complexity index is 832. The Kier molecular flexibility index (Phi) is 5.68. The fourth-order valence-corrected chi connectivity index (χ4v) is 5.06. The molecule has 2 fully saturated rings. The van der Waals surface area contributed by atoms with Crippen LogP contribution in [0, 0.1) is 11.1 Å². The second-order valence-electron chi connectivity index (χ2n) is 8.26. The topological polar surface area (TPSA) is 76.2 Å². The van der Waals surface area contributed by atoms with Crippen LogP contribution in [0.3, 0.4) is 0 Å². The van der Waals surface area contributed by atoms with E-state index < -0.39 is 5.23 Å². The van der Waals surface area contributed by atoms with Crippen LogP contribution in [-0.4, -0.2) is 58.2 Å². The number of carbonyl (C=O) groups excluding carboxylic acids is 1. The minimum Gasteiger partial charge on any atom is -0.595 e. The van der Waals surface area contributed by atoms with Gasteiger partial charge in [0, 0.05) is 31.9 Å². The van der Waals surface area contributed by atoms with E-state index in [1.54, 1.807) is 18.2 Å². The molecule has 2 saturated heterocycles. The maximum absolute atomic E-state index is 12.9. The van der Waals surface area contributed by atoms with Crippen LogP contribution in [0.25, 0.3) is 10.9 Å². The van der Waals surface area contributed by atoms with E-state index in [1.807, 2.05) is 28.8 Å². The quantitative estimate of drug-likeness (QED) is 0.768. The predicted molar refractivity (Wildman–Crippen MR) is 107 cm³/mol. The number of hydrogen-bond acceptors (Lipinski definition) is 4. The van der Waals surface area contributed by atoms with E-state index in [1.165, 1.54) is 45.2 Å². The molecule has 3 unspecified atom stereocenters. The molecule has 7 nitrogen and oxygen atoms in total. The van der Waals surface area contributed by atoms with Gasteiger partial charge in [-0.3, -0.25) is 4.79 Å². The first-order chi connectivity index (χ1) is 13.5. The molecule has 2 aliphatic heterocycles. The van der Waals surface area contributed by atoms with Crippen molar-refractivity contribution in [2.45, 2.75) is 44.7 Å². The van der Waals surface area contributed by atoms with E-state index in [0.717, 1.165) is 12.1 Å². The van der Waals surface area contributed by atoms with Gasteiger partial charge in [0.1, 0.15) is 6.54 Å². The first-order valence-electron chi connectivity index (χ1n) is 10.3. The number of nitrogens with one attached hydrogen (secondary N) is 1. The van der Waals surface area contributed by atoms with Crippen molar-refractivity contribution in [3.63, 3.8) is 0 Å². The molecule has 2 aromatic rings. The molecule has 2 aliphatic rings. The van der Waals surface area contributed by atoms with Crippen molar-refractivity contribution in [3.8, 4) is 0 Å². The molecule has 4 rings (SSSR count). The van der Waals surface area contributed by atoms with Gasteiger partial charge in [-0.2, -0.15) is 5.23 Å². The van der Waals surface area contributed by atoms with Crippen molar-refractivity contribution in [1.29, 1.82) is 0 Å². The molecule has 7 heteroatoms. The minimum atomic E-state index is -0.943. The second kappa shape index (κ2) is 8.21. The summed E-state index contributed by atoms with van der Waals surface area (Å²) in [7, 11) is 1.90. The molecule has 1 aromatic carbocycles. The summed E-state index contributed by atoms with van der Waals surface area (Å²) in [5.41, 5.74) is 1.06. The van der Waals surface area contributed by atoms with Crippen LogP contribution in [0.15, 0.2) is 30.5 Å². The lowest BCUT2D eigenvalue weighted by Gasteiger charge is -2.45. The van der Waals surface area contributed by atoms with Gasteiger partial charge < -0.3 is 19.6 Å². The molecule has 152 valence electrons. The molecule has 3 heterocycles. The minimum absolute atomic E-state index is 0.0751. The molecule has 0 bridgehead atoms. The highest BCUT2D eigenvalue weighted by atomic mass is 16.8. The number of rotatable bonds is 5. The van der Waals surface area contributed by atoms with Gasteiger partial charge in [0.05, 0.1) is 10.9 Å². The second-order valence-corrected chi connectivity index (χ2v) is 8.26. The standard InChI is InChI=1S/C21H30N4O3/c1-22(14-16-6-5-12-23-11-3-2-7-18(16)23)21(26)15-24-13-10-17-19(24)8-4-9-20(17)25(27)28/h4,8-10,13,16,18,25,27H,2-3,5-7,11-12,14-15H2,1H3. The molecule has 1 aromatic heterocycles. The highest BCUT2D eigenvalue weighted by Crippen LogP contribution is 2.31. The van der Waals surface area contributed by atoms with E-state index in [0.29, 0.717) is 17.3 Å². The lowest BCUT2D eigenvalue weighted by Crippen LogP contribution is -2.99. The summed E-state index contributed by atoms with van der Waals surface area (Å²) in [5.74, 6) is 0.634. The number of hydrogen-bond donors (Lipinski definition) is 2. The Hall–Kier alpha value is -1.93. The number of carbonyl (C=O) groups is 1. The number of piperidine rings is 2. The third-order valence-electron chi connectivity index (χ3n) is 6.51. The zero-order valence-electron chi connectivity index (χ0n) is 16.5. The Morgan fingerprint density at radius 3 is 2.89 bits per heavy atom. The molecule has 2 N–H and O–H groups in total.